The van der Waals surface area contributed by atoms with Crippen molar-refractivity contribution in [1.82, 2.24) is 9.99 Å². The van der Waals surface area contributed by atoms with Gasteiger partial charge in [-0.3, -0.25) is 4.98 Å². The fourth-order valence-corrected chi connectivity index (χ4v) is 5.06. The number of amidine groups is 1. The second kappa shape index (κ2) is 8.99. The molecule has 0 amide bonds. The Bertz CT molecular complexity index is 1220. The maximum absolute atomic E-state index is 13.5. The molecule has 2 heterocycles. The predicted molar refractivity (Wildman–Crippen MR) is 121 cm³/mol. The van der Waals surface area contributed by atoms with Crippen molar-refractivity contribution < 1.29 is 12.8 Å². The Kier molecular flexibility index (Phi) is 6.15. The molecule has 31 heavy (non-hydrogen) atoms. The summed E-state index contributed by atoms with van der Waals surface area (Å²) in [6.45, 7) is 0.416. The smallest absolute Gasteiger partial charge is 0.263 e. The first-order valence-electron chi connectivity index (χ1n) is 9.44. The molecule has 1 unspecified atom stereocenters. The molecule has 3 aromatic rings. The normalized spacial score (nSPS) is 17.0. The molecule has 0 bridgehead atoms. The van der Waals surface area contributed by atoms with Crippen LogP contribution in [0, 0.1) is 5.82 Å². The van der Waals surface area contributed by atoms with E-state index in [1.165, 1.54) is 42.4 Å². The van der Waals surface area contributed by atoms with Gasteiger partial charge < -0.3 is 0 Å². The van der Waals surface area contributed by atoms with Crippen LogP contribution in [0.1, 0.15) is 17.0 Å². The molecule has 0 radical (unpaired) electrons. The molecule has 6 nitrogen and oxygen atoms in total. The van der Waals surface area contributed by atoms with E-state index in [1.54, 1.807) is 29.5 Å². The molecule has 1 aliphatic rings. The van der Waals surface area contributed by atoms with E-state index in [2.05, 4.69) is 9.38 Å². The number of halogens is 1. The summed E-state index contributed by atoms with van der Waals surface area (Å²) in [6, 6.07) is 18.9. The highest BCUT2D eigenvalue weighted by atomic mass is 32.2. The van der Waals surface area contributed by atoms with E-state index in [-0.39, 0.29) is 21.8 Å². The molecule has 2 aromatic carbocycles. The lowest BCUT2D eigenvalue weighted by molar-refractivity contribution is 0.484. The van der Waals surface area contributed by atoms with Gasteiger partial charge in [0, 0.05) is 18.3 Å². The molecule has 0 aliphatic carbocycles. The third-order valence-corrected chi connectivity index (χ3v) is 6.82. The van der Waals surface area contributed by atoms with Gasteiger partial charge in [-0.2, -0.15) is 13.5 Å². The van der Waals surface area contributed by atoms with Crippen molar-refractivity contribution in [2.24, 2.45) is 9.50 Å². The summed E-state index contributed by atoms with van der Waals surface area (Å²) >= 11 is 1.19. The van der Waals surface area contributed by atoms with Crippen molar-refractivity contribution in [2.75, 3.05) is 12.8 Å². The average molecular weight is 455 g/mol. The molecule has 0 saturated heterocycles. The van der Waals surface area contributed by atoms with Crippen molar-refractivity contribution in [3.8, 4) is 0 Å². The number of sulfonamides is 1. The van der Waals surface area contributed by atoms with Crippen molar-refractivity contribution in [1.29, 1.82) is 0 Å². The van der Waals surface area contributed by atoms with E-state index >= 15 is 0 Å². The van der Waals surface area contributed by atoms with Crippen LogP contribution in [0.2, 0.25) is 0 Å². The van der Waals surface area contributed by atoms with Crippen LogP contribution in [-0.4, -0.2) is 42.1 Å². The van der Waals surface area contributed by atoms with Gasteiger partial charge in [-0.15, -0.1) is 4.40 Å². The minimum atomic E-state index is -3.93. The van der Waals surface area contributed by atoms with Gasteiger partial charge in [0.25, 0.3) is 10.0 Å². The van der Waals surface area contributed by atoms with Gasteiger partial charge in [-0.1, -0.05) is 54.2 Å². The van der Waals surface area contributed by atoms with Crippen LogP contribution in [0.5, 0.6) is 0 Å². The summed E-state index contributed by atoms with van der Waals surface area (Å²) in [7, 11) is -3.93. The molecule has 1 aliphatic heterocycles. The molecular formula is C22H19FN4O2S2. The second-order valence-corrected chi connectivity index (χ2v) is 9.16. The maximum atomic E-state index is 13.5. The Morgan fingerprint density at radius 2 is 1.84 bits per heavy atom. The van der Waals surface area contributed by atoms with Crippen LogP contribution in [-0.2, 0) is 10.0 Å². The molecule has 0 N–H and O–H groups in total. The zero-order valence-corrected chi connectivity index (χ0v) is 18.2. The highest BCUT2D eigenvalue weighted by molar-refractivity contribution is 8.13. The summed E-state index contributed by atoms with van der Waals surface area (Å²) in [6.07, 6.45) is 4.52. The van der Waals surface area contributed by atoms with E-state index in [9.17, 15) is 12.8 Å². The molecule has 0 spiro atoms. The van der Waals surface area contributed by atoms with Crippen molar-refractivity contribution in [2.45, 2.75) is 10.8 Å². The first-order valence-corrected chi connectivity index (χ1v) is 12.1. The van der Waals surface area contributed by atoms with Crippen LogP contribution in [0.15, 0.2) is 93.5 Å². The van der Waals surface area contributed by atoms with E-state index in [0.29, 0.717) is 6.54 Å². The number of thioether (sulfide) groups is 1. The molecule has 0 fully saturated rings. The minimum Gasteiger partial charge on any atom is -0.263 e. The third-order valence-electron chi connectivity index (χ3n) is 4.79. The first-order chi connectivity index (χ1) is 15.0. The quantitative estimate of drug-likeness (QED) is 0.438. The van der Waals surface area contributed by atoms with E-state index in [0.717, 1.165) is 16.8 Å². The van der Waals surface area contributed by atoms with Crippen molar-refractivity contribution in [3.63, 3.8) is 0 Å². The van der Waals surface area contributed by atoms with Gasteiger partial charge in [-0.25, -0.2) is 9.40 Å². The molecule has 4 rings (SSSR count). The lowest BCUT2D eigenvalue weighted by atomic mass is 9.91. The lowest BCUT2D eigenvalue weighted by Gasteiger charge is -2.17. The molecule has 0 saturated carbocycles. The molecular weight excluding hydrogens is 435 g/mol. The summed E-state index contributed by atoms with van der Waals surface area (Å²) in [5.74, 6) is -0.450. The summed E-state index contributed by atoms with van der Waals surface area (Å²) in [5.41, 5.74) is 2.53. The zero-order chi connectivity index (χ0) is 21.8. The maximum Gasteiger partial charge on any atom is 0.286 e. The molecule has 1 atom stereocenters. The minimum absolute atomic E-state index is 0.0168. The Labute approximate surface area is 184 Å². The first kappa shape index (κ1) is 21.2. The van der Waals surface area contributed by atoms with Gasteiger partial charge in [0.2, 0.25) is 0 Å². The number of nitrogens with zero attached hydrogens (tertiary/aromatic N) is 4. The predicted octanol–water partition coefficient (Wildman–Crippen LogP) is 4.13. The summed E-state index contributed by atoms with van der Waals surface area (Å²) in [5, 5.41) is 6.53. The highest BCUT2D eigenvalue weighted by Gasteiger charge is 2.32. The van der Waals surface area contributed by atoms with E-state index in [1.807, 2.05) is 30.3 Å². The molecule has 1 aromatic heterocycles. The van der Waals surface area contributed by atoms with Crippen molar-refractivity contribution in [3.05, 3.63) is 96.1 Å². The van der Waals surface area contributed by atoms with Gasteiger partial charge in [-0.05, 0) is 41.6 Å². The van der Waals surface area contributed by atoms with Crippen LogP contribution < -0.4 is 0 Å². The summed E-state index contributed by atoms with van der Waals surface area (Å²) < 4.78 is 43.0. The number of hydrogen-bond donors (Lipinski definition) is 0. The lowest BCUT2D eigenvalue weighted by Crippen LogP contribution is -2.24. The zero-order valence-electron chi connectivity index (χ0n) is 16.6. The van der Waals surface area contributed by atoms with Gasteiger partial charge in [0.05, 0.1) is 12.3 Å². The fraction of sp³-hybridized carbons (Fsp3) is 0.136. The Morgan fingerprint density at radius 3 is 2.48 bits per heavy atom. The van der Waals surface area contributed by atoms with E-state index < -0.39 is 10.0 Å². The SMILES string of the molecule is CSC(=NS(=O)(=O)c1cccnc1)N1CC(c2ccccc2)C(c2ccc(F)cc2)=N1. The number of hydrogen-bond acceptors (Lipinski definition) is 5. The van der Waals surface area contributed by atoms with Crippen molar-refractivity contribution >= 4 is 32.7 Å². The van der Waals surface area contributed by atoms with Crippen LogP contribution in [0.25, 0.3) is 0 Å². The Morgan fingerprint density at radius 1 is 1.10 bits per heavy atom. The van der Waals surface area contributed by atoms with Gasteiger partial charge in [0.15, 0.2) is 5.17 Å². The van der Waals surface area contributed by atoms with Crippen LogP contribution >= 0.6 is 11.8 Å². The number of aromatic nitrogens is 1. The van der Waals surface area contributed by atoms with Crippen LogP contribution in [0.4, 0.5) is 4.39 Å². The van der Waals surface area contributed by atoms with Crippen LogP contribution in [0.3, 0.4) is 0 Å². The number of hydrazone groups is 1. The van der Waals surface area contributed by atoms with Gasteiger partial charge in [0.1, 0.15) is 10.7 Å². The van der Waals surface area contributed by atoms with E-state index in [4.69, 9.17) is 5.10 Å². The summed E-state index contributed by atoms with van der Waals surface area (Å²) in [4.78, 5) is 3.88. The van der Waals surface area contributed by atoms with Gasteiger partial charge >= 0.3 is 0 Å². The fourth-order valence-electron chi connectivity index (χ4n) is 3.29. The standard InChI is InChI=1S/C22H19FN4O2S2/c1-30-22(26-31(28,29)19-8-5-13-24-14-19)27-15-20(16-6-3-2-4-7-16)21(25-27)17-9-11-18(23)12-10-17/h2-14,20H,15H2,1H3. The topological polar surface area (TPSA) is 75.0 Å². The average Bonchev–Trinajstić information content (AvgIpc) is 3.24. The molecule has 158 valence electrons. The monoisotopic (exact) mass is 454 g/mol. The largest absolute Gasteiger partial charge is 0.286 e. The Hall–Kier alpha value is -3.04. The Balaban J connectivity index is 1.74. The number of benzene rings is 2. The molecule has 9 heteroatoms. The third kappa shape index (κ3) is 4.67. The number of pyridine rings is 1. The highest BCUT2D eigenvalue weighted by Crippen LogP contribution is 2.31. The second-order valence-electron chi connectivity index (χ2n) is 6.78. The number of rotatable bonds is 4.